The standard InChI is InChI=1S/C22H26N4O/c1-16-24-20-9-6-14-23-22(20)26(16)19-12-10-17(11-13-19)15-21(27)25-18-7-4-2-3-5-8-18/h6,9-14,18H,2-5,7-8,15H2,1H3,(H,25,27). The van der Waals surface area contributed by atoms with E-state index in [0.29, 0.717) is 12.5 Å². The Morgan fingerprint density at radius 2 is 1.85 bits per heavy atom. The number of hydrogen-bond donors (Lipinski definition) is 1. The summed E-state index contributed by atoms with van der Waals surface area (Å²) < 4.78 is 2.05. The number of nitrogens with zero attached hydrogens (tertiary/aromatic N) is 3. The fraction of sp³-hybridized carbons (Fsp3) is 0.409. The molecule has 1 fully saturated rings. The van der Waals surface area contributed by atoms with Gasteiger partial charge in [-0.1, -0.05) is 37.8 Å². The van der Waals surface area contributed by atoms with Gasteiger partial charge in [-0.3, -0.25) is 9.36 Å². The number of aromatic nitrogens is 3. The Bertz CT molecular complexity index is 921. The zero-order chi connectivity index (χ0) is 18.6. The van der Waals surface area contributed by atoms with Crippen LogP contribution in [0.1, 0.15) is 49.9 Å². The third kappa shape index (κ3) is 4.02. The van der Waals surface area contributed by atoms with Crippen LogP contribution >= 0.6 is 0 Å². The van der Waals surface area contributed by atoms with Crippen molar-refractivity contribution in [1.82, 2.24) is 19.9 Å². The van der Waals surface area contributed by atoms with E-state index in [2.05, 4.69) is 15.3 Å². The van der Waals surface area contributed by atoms with Gasteiger partial charge < -0.3 is 5.32 Å². The summed E-state index contributed by atoms with van der Waals surface area (Å²) in [4.78, 5) is 21.4. The molecule has 0 aliphatic heterocycles. The lowest BCUT2D eigenvalue weighted by Crippen LogP contribution is -2.35. The van der Waals surface area contributed by atoms with Crippen molar-refractivity contribution >= 4 is 17.1 Å². The van der Waals surface area contributed by atoms with E-state index < -0.39 is 0 Å². The van der Waals surface area contributed by atoms with Crippen LogP contribution in [0.5, 0.6) is 0 Å². The molecule has 1 aliphatic rings. The molecule has 27 heavy (non-hydrogen) atoms. The molecule has 0 spiro atoms. The maximum atomic E-state index is 12.4. The molecule has 1 aliphatic carbocycles. The van der Waals surface area contributed by atoms with Crippen molar-refractivity contribution in [1.29, 1.82) is 0 Å². The van der Waals surface area contributed by atoms with Crippen LogP contribution in [0.15, 0.2) is 42.6 Å². The highest BCUT2D eigenvalue weighted by Gasteiger charge is 2.15. The monoisotopic (exact) mass is 362 g/mol. The Morgan fingerprint density at radius 3 is 2.59 bits per heavy atom. The summed E-state index contributed by atoms with van der Waals surface area (Å²) in [5.41, 5.74) is 3.79. The third-order valence-electron chi connectivity index (χ3n) is 5.36. The van der Waals surface area contributed by atoms with Gasteiger partial charge in [0.1, 0.15) is 11.3 Å². The Morgan fingerprint density at radius 1 is 1.11 bits per heavy atom. The highest BCUT2D eigenvalue weighted by molar-refractivity contribution is 5.79. The summed E-state index contributed by atoms with van der Waals surface area (Å²) in [5, 5.41) is 3.22. The lowest BCUT2D eigenvalue weighted by molar-refractivity contribution is -0.121. The lowest BCUT2D eigenvalue weighted by atomic mass is 10.1. The summed E-state index contributed by atoms with van der Waals surface area (Å²) in [5.74, 6) is 1.03. The van der Waals surface area contributed by atoms with E-state index in [1.807, 2.05) is 47.9 Å². The maximum Gasteiger partial charge on any atom is 0.224 e. The van der Waals surface area contributed by atoms with Gasteiger partial charge in [-0.05, 0) is 49.6 Å². The van der Waals surface area contributed by atoms with E-state index >= 15 is 0 Å². The van der Waals surface area contributed by atoms with Crippen LogP contribution < -0.4 is 5.32 Å². The van der Waals surface area contributed by atoms with E-state index in [1.165, 1.54) is 25.7 Å². The van der Waals surface area contributed by atoms with Crippen molar-refractivity contribution < 1.29 is 4.79 Å². The first-order valence-corrected chi connectivity index (χ1v) is 9.89. The lowest BCUT2D eigenvalue weighted by Gasteiger charge is -2.16. The van der Waals surface area contributed by atoms with Crippen LogP contribution in [0.25, 0.3) is 16.9 Å². The highest BCUT2D eigenvalue weighted by atomic mass is 16.1. The number of pyridine rings is 1. The van der Waals surface area contributed by atoms with Gasteiger partial charge in [-0.15, -0.1) is 0 Å². The summed E-state index contributed by atoms with van der Waals surface area (Å²) in [6.45, 7) is 1.98. The molecule has 1 saturated carbocycles. The molecule has 1 aromatic carbocycles. The molecular formula is C22H26N4O. The minimum atomic E-state index is 0.126. The van der Waals surface area contributed by atoms with E-state index in [-0.39, 0.29) is 5.91 Å². The van der Waals surface area contributed by atoms with Gasteiger partial charge in [0, 0.05) is 17.9 Å². The van der Waals surface area contributed by atoms with Crippen LogP contribution in [0.3, 0.4) is 0 Å². The molecule has 0 unspecified atom stereocenters. The van der Waals surface area contributed by atoms with Crippen LogP contribution in [0, 0.1) is 6.92 Å². The highest BCUT2D eigenvalue weighted by Crippen LogP contribution is 2.20. The second kappa shape index (κ2) is 7.91. The maximum absolute atomic E-state index is 12.4. The average Bonchev–Trinajstić information content (AvgIpc) is 2.81. The number of carbonyl (C=O) groups is 1. The molecule has 0 radical (unpaired) electrons. The fourth-order valence-corrected chi connectivity index (χ4v) is 3.99. The molecule has 4 rings (SSSR count). The van der Waals surface area contributed by atoms with E-state index in [4.69, 9.17) is 0 Å². The van der Waals surface area contributed by atoms with Gasteiger partial charge >= 0.3 is 0 Å². The molecule has 2 heterocycles. The molecule has 1 N–H and O–H groups in total. The van der Waals surface area contributed by atoms with E-state index in [0.717, 1.165) is 41.1 Å². The molecule has 1 amide bonds. The summed E-state index contributed by atoms with van der Waals surface area (Å²) in [7, 11) is 0. The first-order chi connectivity index (χ1) is 13.2. The number of imidazole rings is 1. The fourth-order valence-electron chi connectivity index (χ4n) is 3.99. The molecule has 3 aromatic rings. The van der Waals surface area contributed by atoms with E-state index in [9.17, 15) is 4.79 Å². The number of hydrogen-bond acceptors (Lipinski definition) is 3. The smallest absolute Gasteiger partial charge is 0.224 e. The minimum Gasteiger partial charge on any atom is -0.353 e. The van der Waals surface area contributed by atoms with Gasteiger partial charge in [-0.25, -0.2) is 9.97 Å². The molecule has 5 heteroatoms. The van der Waals surface area contributed by atoms with Gasteiger partial charge in [0.2, 0.25) is 5.91 Å². The van der Waals surface area contributed by atoms with Crippen molar-refractivity contribution in [2.75, 3.05) is 0 Å². The van der Waals surface area contributed by atoms with Crippen molar-refractivity contribution in [3.63, 3.8) is 0 Å². The molecule has 5 nitrogen and oxygen atoms in total. The number of aryl methyl sites for hydroxylation is 1. The number of amides is 1. The zero-order valence-electron chi connectivity index (χ0n) is 15.8. The SMILES string of the molecule is Cc1nc2cccnc2n1-c1ccc(CC(=O)NC2CCCCCC2)cc1. The largest absolute Gasteiger partial charge is 0.353 e. The quantitative estimate of drug-likeness (QED) is 0.711. The normalized spacial score (nSPS) is 15.6. The molecule has 0 saturated heterocycles. The zero-order valence-corrected chi connectivity index (χ0v) is 15.8. The van der Waals surface area contributed by atoms with Crippen molar-refractivity contribution in [3.8, 4) is 5.69 Å². The molecule has 0 bridgehead atoms. The van der Waals surface area contributed by atoms with Crippen LogP contribution in [0.2, 0.25) is 0 Å². The number of nitrogens with one attached hydrogen (secondary N) is 1. The second-order valence-corrected chi connectivity index (χ2v) is 7.44. The number of fused-ring (bicyclic) bond motifs is 1. The first-order valence-electron chi connectivity index (χ1n) is 9.89. The number of rotatable bonds is 4. The van der Waals surface area contributed by atoms with Gasteiger partial charge in [0.25, 0.3) is 0 Å². The predicted molar refractivity (Wildman–Crippen MR) is 107 cm³/mol. The molecule has 140 valence electrons. The number of benzene rings is 1. The molecular weight excluding hydrogens is 336 g/mol. The van der Waals surface area contributed by atoms with Gasteiger partial charge in [0.15, 0.2) is 5.65 Å². The van der Waals surface area contributed by atoms with Crippen LogP contribution in [0.4, 0.5) is 0 Å². The average molecular weight is 362 g/mol. The molecule has 2 aromatic heterocycles. The first kappa shape index (κ1) is 17.7. The molecule has 0 atom stereocenters. The van der Waals surface area contributed by atoms with Crippen LogP contribution in [-0.4, -0.2) is 26.5 Å². The van der Waals surface area contributed by atoms with Crippen molar-refractivity contribution in [2.45, 2.75) is 57.9 Å². The van der Waals surface area contributed by atoms with Gasteiger partial charge in [0.05, 0.1) is 6.42 Å². The Hall–Kier alpha value is -2.69. The summed E-state index contributed by atoms with van der Waals surface area (Å²) in [6.07, 6.45) is 9.49. The minimum absolute atomic E-state index is 0.126. The second-order valence-electron chi connectivity index (χ2n) is 7.44. The Kier molecular flexibility index (Phi) is 5.19. The number of carbonyl (C=O) groups excluding carboxylic acids is 1. The topological polar surface area (TPSA) is 59.8 Å². The predicted octanol–water partition coefficient (Wildman–Crippen LogP) is 4.11. The Labute approximate surface area is 159 Å². The van der Waals surface area contributed by atoms with E-state index in [1.54, 1.807) is 6.20 Å². The summed E-state index contributed by atoms with van der Waals surface area (Å²) >= 11 is 0. The summed E-state index contributed by atoms with van der Waals surface area (Å²) in [6, 6.07) is 12.3. The van der Waals surface area contributed by atoms with Crippen molar-refractivity contribution in [2.24, 2.45) is 0 Å². The van der Waals surface area contributed by atoms with Gasteiger partial charge in [-0.2, -0.15) is 0 Å². The Balaban J connectivity index is 1.45. The van der Waals surface area contributed by atoms with Crippen molar-refractivity contribution in [3.05, 3.63) is 54.0 Å². The van der Waals surface area contributed by atoms with Crippen LogP contribution in [-0.2, 0) is 11.2 Å². The third-order valence-corrected chi connectivity index (χ3v) is 5.36.